The third-order valence-electron chi connectivity index (χ3n) is 13.7. The largest absolute Gasteiger partial charge is 0.393 e. The Hall–Kier alpha value is -0.370. The van der Waals surface area contributed by atoms with Gasteiger partial charge in [0.1, 0.15) is 6.29 Å². The molecule has 5 aliphatic rings. The van der Waals surface area contributed by atoms with Crippen LogP contribution in [0.1, 0.15) is 119 Å². The molecule has 1 N–H and O–H groups in total. The predicted molar refractivity (Wildman–Crippen MR) is 131 cm³/mol. The Balaban J connectivity index is 1.57. The van der Waals surface area contributed by atoms with Crippen molar-refractivity contribution in [1.82, 2.24) is 0 Å². The van der Waals surface area contributed by atoms with E-state index in [2.05, 4.69) is 48.5 Å². The van der Waals surface area contributed by atoms with Crippen molar-refractivity contribution in [1.29, 1.82) is 0 Å². The molecule has 5 saturated carbocycles. The van der Waals surface area contributed by atoms with Crippen LogP contribution in [-0.2, 0) is 4.79 Å². The number of aliphatic hydroxyl groups is 1. The van der Waals surface area contributed by atoms with E-state index in [1.165, 1.54) is 64.1 Å². The smallest absolute Gasteiger partial charge is 0.126 e. The van der Waals surface area contributed by atoms with E-state index in [0.29, 0.717) is 39.9 Å². The van der Waals surface area contributed by atoms with Crippen molar-refractivity contribution in [2.45, 2.75) is 125 Å². The van der Waals surface area contributed by atoms with E-state index in [1.807, 2.05) is 0 Å². The van der Waals surface area contributed by atoms with E-state index >= 15 is 0 Å². The molecule has 5 rings (SSSR count). The number of carbonyl (C=O) groups is 1. The van der Waals surface area contributed by atoms with Gasteiger partial charge < -0.3 is 9.90 Å². The molecule has 0 radical (unpaired) electrons. The Labute approximate surface area is 197 Å². The molecule has 0 aromatic rings. The first-order valence-electron chi connectivity index (χ1n) is 13.9. The van der Waals surface area contributed by atoms with Gasteiger partial charge in [0.2, 0.25) is 0 Å². The zero-order valence-corrected chi connectivity index (χ0v) is 22.1. The molecule has 2 nitrogen and oxygen atoms in total. The summed E-state index contributed by atoms with van der Waals surface area (Å²) in [5.41, 5.74) is 1.24. The van der Waals surface area contributed by atoms with Crippen molar-refractivity contribution < 1.29 is 9.90 Å². The number of fused-ring (bicyclic) bond motifs is 7. The van der Waals surface area contributed by atoms with Crippen molar-refractivity contribution >= 4 is 6.29 Å². The SMILES string of the molecule is CC1C(O)CCC2C1(C)CCC1C2(C)CCC2(C=O)C3CC(C)(C)CCC3(C)CCC12C. The molecule has 0 spiro atoms. The summed E-state index contributed by atoms with van der Waals surface area (Å²) >= 11 is 0. The summed E-state index contributed by atoms with van der Waals surface area (Å²) < 4.78 is 0. The van der Waals surface area contributed by atoms with Crippen LogP contribution >= 0.6 is 0 Å². The summed E-state index contributed by atoms with van der Waals surface area (Å²) in [5.74, 6) is 2.26. The second-order valence-electron chi connectivity index (χ2n) is 15.2. The van der Waals surface area contributed by atoms with Gasteiger partial charge in [-0.2, -0.15) is 0 Å². The van der Waals surface area contributed by atoms with Gasteiger partial charge in [0.05, 0.1) is 6.10 Å². The van der Waals surface area contributed by atoms with E-state index in [-0.39, 0.29) is 22.3 Å². The van der Waals surface area contributed by atoms with Crippen molar-refractivity contribution in [3.8, 4) is 0 Å². The maximum Gasteiger partial charge on any atom is 0.126 e. The number of aliphatic hydroxyl groups excluding tert-OH is 1. The molecule has 10 unspecified atom stereocenters. The fourth-order valence-electron chi connectivity index (χ4n) is 11.3. The van der Waals surface area contributed by atoms with Gasteiger partial charge in [0.15, 0.2) is 0 Å². The summed E-state index contributed by atoms with van der Waals surface area (Å²) in [6, 6.07) is 0. The molecular formula is C30H50O2. The highest BCUT2D eigenvalue weighted by Crippen LogP contribution is 2.78. The number of carbonyl (C=O) groups excluding carboxylic acids is 1. The zero-order chi connectivity index (χ0) is 23.4. The average molecular weight is 443 g/mol. The Morgan fingerprint density at radius 1 is 0.719 bits per heavy atom. The van der Waals surface area contributed by atoms with E-state index in [0.717, 1.165) is 12.8 Å². The van der Waals surface area contributed by atoms with Gasteiger partial charge in [0.25, 0.3) is 0 Å². The van der Waals surface area contributed by atoms with Crippen molar-refractivity contribution in [2.75, 3.05) is 0 Å². The number of aldehydes is 1. The molecule has 0 bridgehead atoms. The van der Waals surface area contributed by atoms with Crippen LogP contribution in [-0.4, -0.2) is 17.5 Å². The summed E-state index contributed by atoms with van der Waals surface area (Å²) in [6.07, 6.45) is 14.7. The Kier molecular flexibility index (Phi) is 5.01. The molecule has 0 aromatic heterocycles. The summed E-state index contributed by atoms with van der Waals surface area (Å²) in [7, 11) is 0. The molecule has 0 aliphatic heterocycles. The minimum Gasteiger partial charge on any atom is -0.393 e. The van der Waals surface area contributed by atoms with Gasteiger partial charge in [-0.3, -0.25) is 0 Å². The summed E-state index contributed by atoms with van der Waals surface area (Å²) in [4.78, 5) is 13.3. The van der Waals surface area contributed by atoms with E-state index < -0.39 is 0 Å². The third-order valence-corrected chi connectivity index (χ3v) is 13.7. The van der Waals surface area contributed by atoms with Crippen LogP contribution < -0.4 is 0 Å². The monoisotopic (exact) mass is 442 g/mol. The lowest BCUT2D eigenvalue weighted by atomic mass is 9.30. The highest BCUT2D eigenvalue weighted by molar-refractivity contribution is 5.63. The van der Waals surface area contributed by atoms with E-state index in [1.54, 1.807) is 0 Å². The van der Waals surface area contributed by atoms with Gasteiger partial charge in [-0.05, 0) is 121 Å². The molecule has 182 valence electrons. The quantitative estimate of drug-likeness (QED) is 0.429. The predicted octanol–water partition coefficient (Wildman–Crippen LogP) is 7.43. The standard InChI is InChI=1S/C30H50O2/c1-20-21(32)8-9-22-27(20,5)11-10-23-28(22,6)15-17-30(19-31)24-18-25(2,3)12-13-26(24,4)14-16-29(23,30)7/h19-24,32H,8-18H2,1-7H3. The molecule has 5 aliphatic carbocycles. The van der Waals surface area contributed by atoms with Crippen LogP contribution in [0.25, 0.3) is 0 Å². The van der Waals surface area contributed by atoms with Crippen LogP contribution in [0.2, 0.25) is 0 Å². The highest BCUT2D eigenvalue weighted by atomic mass is 16.3. The molecule has 0 heterocycles. The van der Waals surface area contributed by atoms with Gasteiger partial charge in [-0.15, -0.1) is 0 Å². The Bertz CT molecular complexity index is 788. The fourth-order valence-corrected chi connectivity index (χ4v) is 11.3. The van der Waals surface area contributed by atoms with Crippen molar-refractivity contribution in [3.05, 3.63) is 0 Å². The topological polar surface area (TPSA) is 37.3 Å². The second-order valence-corrected chi connectivity index (χ2v) is 15.2. The van der Waals surface area contributed by atoms with E-state index in [4.69, 9.17) is 0 Å². The first kappa shape index (κ1) is 23.4. The van der Waals surface area contributed by atoms with Crippen LogP contribution in [0.15, 0.2) is 0 Å². The van der Waals surface area contributed by atoms with Crippen LogP contribution in [0.5, 0.6) is 0 Å². The molecule has 0 amide bonds. The first-order valence-corrected chi connectivity index (χ1v) is 13.9. The molecule has 2 heteroatoms. The molecule has 32 heavy (non-hydrogen) atoms. The van der Waals surface area contributed by atoms with Gasteiger partial charge in [0, 0.05) is 5.41 Å². The fraction of sp³-hybridized carbons (Fsp3) is 0.967. The Morgan fingerprint density at radius 3 is 2.09 bits per heavy atom. The van der Waals surface area contributed by atoms with Crippen LogP contribution in [0.4, 0.5) is 0 Å². The average Bonchev–Trinajstić information content (AvgIpc) is 2.72. The second kappa shape index (κ2) is 6.86. The third kappa shape index (κ3) is 2.71. The van der Waals surface area contributed by atoms with Crippen LogP contribution in [0.3, 0.4) is 0 Å². The lowest BCUT2D eigenvalue weighted by Crippen LogP contribution is -2.69. The first-order chi connectivity index (χ1) is 14.8. The number of hydrogen-bond acceptors (Lipinski definition) is 2. The van der Waals surface area contributed by atoms with E-state index in [9.17, 15) is 9.90 Å². The maximum atomic E-state index is 13.3. The lowest BCUT2D eigenvalue weighted by Gasteiger charge is -2.74. The zero-order valence-electron chi connectivity index (χ0n) is 22.1. The molecule has 5 fully saturated rings. The van der Waals surface area contributed by atoms with Crippen LogP contribution in [0, 0.1) is 56.2 Å². The lowest BCUT2D eigenvalue weighted by molar-refractivity contribution is -0.256. The normalized spacial score (nSPS) is 59.2. The number of rotatable bonds is 1. The summed E-state index contributed by atoms with van der Waals surface area (Å²) in [5, 5.41) is 10.7. The van der Waals surface area contributed by atoms with Gasteiger partial charge in [-0.25, -0.2) is 0 Å². The highest BCUT2D eigenvalue weighted by Gasteiger charge is 2.72. The Morgan fingerprint density at radius 2 is 1.41 bits per heavy atom. The van der Waals surface area contributed by atoms with Crippen molar-refractivity contribution in [2.24, 2.45) is 56.2 Å². The van der Waals surface area contributed by atoms with Gasteiger partial charge in [-0.1, -0.05) is 48.5 Å². The van der Waals surface area contributed by atoms with Gasteiger partial charge >= 0.3 is 0 Å². The molecular weight excluding hydrogens is 392 g/mol. The summed E-state index contributed by atoms with van der Waals surface area (Å²) in [6.45, 7) is 17.4. The minimum atomic E-state index is -0.143. The molecule has 10 atom stereocenters. The van der Waals surface area contributed by atoms with Crippen molar-refractivity contribution in [3.63, 3.8) is 0 Å². The molecule has 0 aromatic carbocycles. The minimum absolute atomic E-state index is 0.125. The maximum absolute atomic E-state index is 13.3. The molecule has 0 saturated heterocycles. The number of hydrogen-bond donors (Lipinski definition) is 1.